The van der Waals surface area contributed by atoms with Gasteiger partial charge in [0.25, 0.3) is 0 Å². The number of benzene rings is 1. The van der Waals surface area contributed by atoms with Crippen molar-refractivity contribution in [3.8, 4) is 0 Å². The third-order valence-electron chi connectivity index (χ3n) is 3.43. The Hall–Kier alpha value is -3.02. The largest absolute Gasteiger partial charge is 0.481 e. The van der Waals surface area contributed by atoms with E-state index < -0.39 is 11.9 Å². The molecule has 22 heavy (non-hydrogen) atoms. The fraction of sp³-hybridized carbons (Fsp3) is 0.125. The van der Waals surface area contributed by atoms with E-state index in [0.29, 0.717) is 11.4 Å². The van der Waals surface area contributed by atoms with Gasteiger partial charge < -0.3 is 10.2 Å². The maximum atomic E-state index is 10.9. The summed E-state index contributed by atoms with van der Waals surface area (Å²) in [6, 6.07) is 7.19. The van der Waals surface area contributed by atoms with Gasteiger partial charge in [0, 0.05) is 23.2 Å². The van der Waals surface area contributed by atoms with E-state index in [9.17, 15) is 9.59 Å². The number of nitrogens with zero attached hydrogens (tertiary/aromatic N) is 2. The molecule has 0 bridgehead atoms. The summed E-state index contributed by atoms with van der Waals surface area (Å²) < 4.78 is 0. The molecule has 0 atom stereocenters. The zero-order valence-electron chi connectivity index (χ0n) is 11.5. The quantitative estimate of drug-likeness (QED) is 0.714. The van der Waals surface area contributed by atoms with Crippen LogP contribution in [-0.2, 0) is 22.4 Å². The number of aliphatic carboxylic acids is 2. The van der Waals surface area contributed by atoms with Crippen LogP contribution in [0.15, 0.2) is 36.7 Å². The second-order valence-electron chi connectivity index (χ2n) is 4.96. The normalized spacial score (nSPS) is 10.9. The molecule has 3 aromatic rings. The van der Waals surface area contributed by atoms with Gasteiger partial charge in [-0.25, -0.2) is 0 Å². The number of rotatable bonds is 4. The highest BCUT2D eigenvalue weighted by Crippen LogP contribution is 2.27. The van der Waals surface area contributed by atoms with Crippen molar-refractivity contribution < 1.29 is 19.8 Å². The lowest BCUT2D eigenvalue weighted by Crippen LogP contribution is -2.03. The summed E-state index contributed by atoms with van der Waals surface area (Å²) in [6.45, 7) is 0. The van der Waals surface area contributed by atoms with Crippen LogP contribution in [0, 0.1) is 0 Å². The van der Waals surface area contributed by atoms with Gasteiger partial charge in [-0.05, 0) is 22.9 Å². The minimum Gasteiger partial charge on any atom is -0.481 e. The van der Waals surface area contributed by atoms with Crippen LogP contribution in [-0.4, -0.2) is 32.1 Å². The minimum atomic E-state index is -0.944. The van der Waals surface area contributed by atoms with Gasteiger partial charge in [-0.2, -0.15) is 0 Å². The molecule has 6 nitrogen and oxygen atoms in total. The molecule has 2 aromatic heterocycles. The first-order chi connectivity index (χ1) is 10.5. The van der Waals surface area contributed by atoms with E-state index >= 15 is 0 Å². The molecule has 0 saturated heterocycles. The van der Waals surface area contributed by atoms with Crippen molar-refractivity contribution in [3.63, 3.8) is 0 Å². The summed E-state index contributed by atoms with van der Waals surface area (Å²) in [4.78, 5) is 30.0. The Kier molecular flexibility index (Phi) is 3.42. The molecule has 0 unspecified atom stereocenters. The second-order valence-corrected chi connectivity index (χ2v) is 4.96. The van der Waals surface area contributed by atoms with Gasteiger partial charge in [0.15, 0.2) is 0 Å². The lowest BCUT2D eigenvalue weighted by Gasteiger charge is -2.08. The van der Waals surface area contributed by atoms with E-state index in [2.05, 4.69) is 9.97 Å². The van der Waals surface area contributed by atoms with Gasteiger partial charge in [-0.15, -0.1) is 0 Å². The number of fused-ring (bicyclic) bond motifs is 3. The lowest BCUT2D eigenvalue weighted by molar-refractivity contribution is -0.137. The zero-order valence-corrected chi connectivity index (χ0v) is 11.5. The molecule has 0 spiro atoms. The summed E-state index contributed by atoms with van der Waals surface area (Å²) in [7, 11) is 0. The van der Waals surface area contributed by atoms with Crippen molar-refractivity contribution in [1.29, 1.82) is 0 Å². The van der Waals surface area contributed by atoms with Crippen molar-refractivity contribution in [2.45, 2.75) is 12.8 Å². The molecule has 0 aliphatic rings. The molecule has 0 saturated carbocycles. The molecule has 0 radical (unpaired) electrons. The molecule has 2 heterocycles. The topological polar surface area (TPSA) is 100 Å². The minimum absolute atomic E-state index is 0.153. The molecule has 0 aliphatic carbocycles. The number of carboxylic acids is 2. The maximum Gasteiger partial charge on any atom is 0.309 e. The molecular weight excluding hydrogens is 284 g/mol. The van der Waals surface area contributed by atoms with Crippen LogP contribution >= 0.6 is 0 Å². The smallest absolute Gasteiger partial charge is 0.309 e. The van der Waals surface area contributed by atoms with Gasteiger partial charge in [-0.3, -0.25) is 19.6 Å². The molecule has 0 aliphatic heterocycles. The van der Waals surface area contributed by atoms with Gasteiger partial charge >= 0.3 is 11.9 Å². The predicted octanol–water partition coefficient (Wildman–Crippen LogP) is 2.04. The number of carbonyl (C=O) groups is 2. The maximum absolute atomic E-state index is 10.9. The summed E-state index contributed by atoms with van der Waals surface area (Å²) in [5.74, 6) is -1.89. The van der Waals surface area contributed by atoms with Crippen molar-refractivity contribution >= 4 is 33.5 Å². The zero-order chi connectivity index (χ0) is 15.7. The van der Waals surface area contributed by atoms with E-state index in [1.54, 1.807) is 24.5 Å². The highest BCUT2D eigenvalue weighted by molar-refractivity contribution is 6.08. The lowest BCUT2D eigenvalue weighted by atomic mass is 10.0. The van der Waals surface area contributed by atoms with Gasteiger partial charge in [-0.1, -0.05) is 12.1 Å². The molecule has 0 fully saturated rings. The fourth-order valence-corrected chi connectivity index (χ4v) is 2.52. The Labute approximate surface area is 125 Å². The Morgan fingerprint density at radius 3 is 2.41 bits per heavy atom. The van der Waals surface area contributed by atoms with E-state index in [4.69, 9.17) is 10.2 Å². The Balaban J connectivity index is 2.24. The van der Waals surface area contributed by atoms with Gasteiger partial charge in [0.2, 0.25) is 0 Å². The molecule has 6 heteroatoms. The van der Waals surface area contributed by atoms with E-state index in [1.807, 2.05) is 12.1 Å². The second kappa shape index (κ2) is 5.40. The number of carboxylic acid groups (broad SMARTS) is 2. The van der Waals surface area contributed by atoms with Gasteiger partial charge in [0.1, 0.15) is 0 Å². The number of hydrogen-bond donors (Lipinski definition) is 2. The third kappa shape index (κ3) is 2.58. The standard InChI is InChI=1S/C16H12N2O4/c19-15(20)6-10-5-13-9(8-18-10)1-2-12-11(13)3-4-17-14(12)7-16(21)22/h1-5,8H,6-7H2,(H,19,20)(H,21,22). The average Bonchev–Trinajstić information content (AvgIpc) is 2.46. The summed E-state index contributed by atoms with van der Waals surface area (Å²) in [5.41, 5.74) is 0.951. The Morgan fingerprint density at radius 2 is 1.68 bits per heavy atom. The van der Waals surface area contributed by atoms with Crippen molar-refractivity contribution in [2.24, 2.45) is 0 Å². The van der Waals surface area contributed by atoms with Crippen LogP contribution in [0.1, 0.15) is 11.4 Å². The van der Waals surface area contributed by atoms with E-state index in [0.717, 1.165) is 21.5 Å². The summed E-state index contributed by atoms with van der Waals surface area (Å²) >= 11 is 0. The van der Waals surface area contributed by atoms with Crippen LogP contribution in [0.3, 0.4) is 0 Å². The van der Waals surface area contributed by atoms with Crippen LogP contribution in [0.5, 0.6) is 0 Å². The molecular formula is C16H12N2O4. The van der Waals surface area contributed by atoms with E-state index in [1.165, 1.54) is 0 Å². The average molecular weight is 296 g/mol. The SMILES string of the molecule is O=C(O)Cc1cc2c(ccc3c(CC(=O)O)nccc32)cn1. The van der Waals surface area contributed by atoms with Crippen LogP contribution in [0.2, 0.25) is 0 Å². The first kappa shape index (κ1) is 13.9. The molecule has 1 aromatic carbocycles. The van der Waals surface area contributed by atoms with Gasteiger partial charge in [0.05, 0.1) is 24.2 Å². The third-order valence-corrected chi connectivity index (χ3v) is 3.43. The van der Waals surface area contributed by atoms with Crippen LogP contribution in [0.25, 0.3) is 21.5 Å². The number of aromatic nitrogens is 2. The first-order valence-electron chi connectivity index (χ1n) is 6.63. The summed E-state index contributed by atoms with van der Waals surface area (Å²) in [5, 5.41) is 21.2. The first-order valence-corrected chi connectivity index (χ1v) is 6.63. The Morgan fingerprint density at radius 1 is 0.909 bits per heavy atom. The highest BCUT2D eigenvalue weighted by Gasteiger charge is 2.10. The molecule has 0 amide bonds. The van der Waals surface area contributed by atoms with Crippen molar-refractivity contribution in [3.05, 3.63) is 48.0 Å². The van der Waals surface area contributed by atoms with Crippen LogP contribution in [0.4, 0.5) is 0 Å². The predicted molar refractivity (Wildman–Crippen MR) is 79.7 cm³/mol. The summed E-state index contributed by atoms with van der Waals surface area (Å²) in [6.07, 6.45) is 2.89. The Bertz CT molecular complexity index is 905. The molecule has 110 valence electrons. The van der Waals surface area contributed by atoms with Crippen molar-refractivity contribution in [2.75, 3.05) is 0 Å². The number of hydrogen-bond acceptors (Lipinski definition) is 4. The molecule has 2 N–H and O–H groups in total. The van der Waals surface area contributed by atoms with Crippen molar-refractivity contribution in [1.82, 2.24) is 9.97 Å². The fourth-order valence-electron chi connectivity index (χ4n) is 2.52. The monoisotopic (exact) mass is 296 g/mol. The van der Waals surface area contributed by atoms with E-state index in [-0.39, 0.29) is 12.8 Å². The van der Waals surface area contributed by atoms with Crippen LogP contribution < -0.4 is 0 Å². The highest BCUT2D eigenvalue weighted by atomic mass is 16.4. The number of pyridine rings is 2. The molecule has 3 rings (SSSR count).